The van der Waals surface area contributed by atoms with Crippen molar-refractivity contribution < 1.29 is 0 Å². The van der Waals surface area contributed by atoms with Crippen LogP contribution in [0.4, 0.5) is 0 Å². The fourth-order valence-corrected chi connectivity index (χ4v) is 2.26. The largest absolute Gasteiger partial charge is 0.384 e. The van der Waals surface area contributed by atoms with E-state index in [9.17, 15) is 0 Å². The summed E-state index contributed by atoms with van der Waals surface area (Å²) in [7, 11) is 0. The van der Waals surface area contributed by atoms with E-state index in [2.05, 4.69) is 4.98 Å². The lowest BCUT2D eigenvalue weighted by molar-refractivity contribution is 1.26. The predicted molar refractivity (Wildman–Crippen MR) is 71.3 cm³/mol. The number of nitrogens with two attached hydrogens (primary N) is 1. The fourth-order valence-electron chi connectivity index (χ4n) is 1.43. The number of nitrogens with zero attached hydrogens (tertiary/aromatic N) is 1. The quantitative estimate of drug-likeness (QED) is 0.493. The van der Waals surface area contributed by atoms with Gasteiger partial charge in [-0.1, -0.05) is 18.2 Å². The Hall–Kier alpha value is -1.81. The highest BCUT2D eigenvalue weighted by atomic mass is 32.2. The Kier molecular flexibility index (Phi) is 3.77. The van der Waals surface area contributed by atoms with Crippen LogP contribution in [0.15, 0.2) is 53.7 Å². The maximum atomic E-state index is 7.39. The van der Waals surface area contributed by atoms with Gasteiger partial charge >= 0.3 is 0 Å². The van der Waals surface area contributed by atoms with E-state index in [1.54, 1.807) is 24.2 Å². The average Bonchev–Trinajstić information content (AvgIpc) is 2.38. The minimum absolute atomic E-state index is 0.112. The summed E-state index contributed by atoms with van der Waals surface area (Å²) < 4.78 is 0. The predicted octanol–water partition coefficient (Wildman–Crippen LogP) is 2.66. The number of hydrogen-bond donors (Lipinski definition) is 2. The first-order valence-electron chi connectivity index (χ1n) is 5.22. The molecule has 3 N–H and O–H groups in total. The molecule has 2 rings (SSSR count). The molecule has 0 spiro atoms. The zero-order valence-corrected chi connectivity index (χ0v) is 10.1. The lowest BCUT2D eigenvalue weighted by Crippen LogP contribution is -2.10. The molecule has 0 amide bonds. The summed E-state index contributed by atoms with van der Waals surface area (Å²) in [6.45, 7) is 0. The number of hydrogen-bond acceptors (Lipinski definition) is 3. The van der Waals surface area contributed by atoms with Crippen LogP contribution in [0.1, 0.15) is 11.1 Å². The third-order valence-corrected chi connectivity index (χ3v) is 3.38. The highest BCUT2D eigenvalue weighted by molar-refractivity contribution is 7.98. The molecule has 0 aliphatic heterocycles. The van der Waals surface area contributed by atoms with Gasteiger partial charge in [0.25, 0.3) is 0 Å². The second kappa shape index (κ2) is 5.50. The van der Waals surface area contributed by atoms with Crippen LogP contribution in [0, 0.1) is 5.41 Å². The monoisotopic (exact) mass is 243 g/mol. The summed E-state index contributed by atoms with van der Waals surface area (Å²) >= 11 is 1.74. The van der Waals surface area contributed by atoms with E-state index in [4.69, 9.17) is 11.1 Å². The zero-order chi connectivity index (χ0) is 12.1. The van der Waals surface area contributed by atoms with Gasteiger partial charge in [-0.3, -0.25) is 10.4 Å². The van der Waals surface area contributed by atoms with E-state index in [0.29, 0.717) is 0 Å². The van der Waals surface area contributed by atoms with Crippen molar-refractivity contribution in [2.24, 2.45) is 5.73 Å². The Morgan fingerprint density at radius 2 is 2.00 bits per heavy atom. The number of benzene rings is 1. The number of nitrogen functional groups attached to an aromatic ring is 1. The molecule has 0 radical (unpaired) electrons. The van der Waals surface area contributed by atoms with Crippen LogP contribution >= 0.6 is 11.8 Å². The minimum atomic E-state index is 0.112. The van der Waals surface area contributed by atoms with Gasteiger partial charge in [0.2, 0.25) is 0 Å². The maximum Gasteiger partial charge on any atom is 0.122 e. The van der Waals surface area contributed by atoms with Gasteiger partial charge in [0.05, 0.1) is 0 Å². The van der Waals surface area contributed by atoms with Crippen LogP contribution in [0.25, 0.3) is 0 Å². The minimum Gasteiger partial charge on any atom is -0.384 e. The Morgan fingerprint density at radius 1 is 1.24 bits per heavy atom. The molecule has 17 heavy (non-hydrogen) atoms. The molecular weight excluding hydrogens is 230 g/mol. The molecule has 3 nitrogen and oxygen atoms in total. The smallest absolute Gasteiger partial charge is 0.122 e. The molecule has 0 aliphatic carbocycles. The zero-order valence-electron chi connectivity index (χ0n) is 9.26. The van der Waals surface area contributed by atoms with Crippen molar-refractivity contribution in [2.75, 3.05) is 0 Å². The van der Waals surface area contributed by atoms with Crippen molar-refractivity contribution in [3.05, 3.63) is 59.9 Å². The van der Waals surface area contributed by atoms with Crippen LogP contribution in [0.2, 0.25) is 0 Å². The van der Waals surface area contributed by atoms with Crippen LogP contribution in [0.3, 0.4) is 0 Å². The second-order valence-corrected chi connectivity index (χ2v) is 4.63. The fraction of sp³-hybridized carbons (Fsp3) is 0.0769. The summed E-state index contributed by atoms with van der Waals surface area (Å²) in [6, 6.07) is 11.7. The number of amidine groups is 1. The first kappa shape index (κ1) is 11.7. The van der Waals surface area contributed by atoms with E-state index in [-0.39, 0.29) is 5.84 Å². The van der Waals surface area contributed by atoms with Gasteiger partial charge in [-0.2, -0.15) is 0 Å². The van der Waals surface area contributed by atoms with Gasteiger partial charge in [-0.25, -0.2) is 0 Å². The second-order valence-electron chi connectivity index (χ2n) is 3.59. The van der Waals surface area contributed by atoms with Crippen molar-refractivity contribution >= 4 is 17.6 Å². The van der Waals surface area contributed by atoms with Crippen molar-refractivity contribution in [3.63, 3.8) is 0 Å². The van der Waals surface area contributed by atoms with Crippen molar-refractivity contribution in [2.45, 2.75) is 10.6 Å². The van der Waals surface area contributed by atoms with E-state index in [1.165, 1.54) is 10.5 Å². The Balaban J connectivity index is 2.04. The summed E-state index contributed by atoms with van der Waals surface area (Å²) in [4.78, 5) is 5.17. The molecule has 1 heterocycles. The molecule has 0 unspecified atom stereocenters. The first-order chi connectivity index (χ1) is 8.25. The first-order valence-corrected chi connectivity index (χ1v) is 6.20. The Labute approximate surface area is 105 Å². The summed E-state index contributed by atoms with van der Waals surface area (Å²) in [5, 5.41) is 7.39. The van der Waals surface area contributed by atoms with Gasteiger partial charge in [-0.15, -0.1) is 11.8 Å². The van der Waals surface area contributed by atoms with Crippen LogP contribution in [-0.2, 0) is 5.75 Å². The molecule has 0 saturated heterocycles. The average molecular weight is 243 g/mol. The Bertz CT molecular complexity index is 511. The molecule has 2 aromatic rings. The van der Waals surface area contributed by atoms with Crippen LogP contribution in [0.5, 0.6) is 0 Å². The number of thioether (sulfide) groups is 1. The Morgan fingerprint density at radius 3 is 2.71 bits per heavy atom. The number of rotatable bonds is 4. The van der Waals surface area contributed by atoms with Crippen molar-refractivity contribution in [1.82, 2.24) is 4.98 Å². The number of aromatic nitrogens is 1. The highest BCUT2D eigenvalue weighted by Gasteiger charge is 1.99. The summed E-state index contributed by atoms with van der Waals surface area (Å²) in [5.41, 5.74) is 7.40. The highest BCUT2D eigenvalue weighted by Crippen LogP contribution is 2.22. The van der Waals surface area contributed by atoms with Gasteiger partial charge in [0.15, 0.2) is 0 Å². The molecule has 0 aliphatic rings. The van der Waals surface area contributed by atoms with E-state index in [1.807, 2.05) is 36.4 Å². The maximum absolute atomic E-state index is 7.39. The third kappa shape index (κ3) is 3.32. The topological polar surface area (TPSA) is 62.8 Å². The van der Waals surface area contributed by atoms with Crippen LogP contribution < -0.4 is 5.73 Å². The SMILES string of the molecule is N=C(N)c1cccc(CSc2ccncc2)c1. The van der Waals surface area contributed by atoms with E-state index in [0.717, 1.165) is 11.3 Å². The van der Waals surface area contributed by atoms with E-state index < -0.39 is 0 Å². The molecule has 4 heteroatoms. The molecule has 0 fully saturated rings. The molecule has 0 bridgehead atoms. The van der Waals surface area contributed by atoms with Gasteiger partial charge in [0, 0.05) is 28.6 Å². The molecule has 86 valence electrons. The standard InChI is InChI=1S/C13H13N3S/c14-13(15)11-3-1-2-10(8-11)9-17-12-4-6-16-7-5-12/h1-8H,9H2,(H3,14,15). The molecule has 0 atom stereocenters. The van der Waals surface area contributed by atoms with Crippen LogP contribution in [-0.4, -0.2) is 10.8 Å². The van der Waals surface area contributed by atoms with E-state index >= 15 is 0 Å². The van der Waals surface area contributed by atoms with Crippen molar-refractivity contribution in [3.8, 4) is 0 Å². The van der Waals surface area contributed by atoms with Crippen molar-refractivity contribution in [1.29, 1.82) is 5.41 Å². The van der Waals surface area contributed by atoms with Gasteiger partial charge < -0.3 is 5.73 Å². The molecule has 0 saturated carbocycles. The van der Waals surface area contributed by atoms with Gasteiger partial charge in [-0.05, 0) is 23.8 Å². The summed E-state index contributed by atoms with van der Waals surface area (Å²) in [5.74, 6) is 0.978. The third-order valence-electron chi connectivity index (χ3n) is 2.29. The molecule has 1 aromatic heterocycles. The molecular formula is C13H13N3S. The number of pyridine rings is 1. The molecule has 1 aromatic carbocycles. The number of nitrogens with one attached hydrogen (secondary N) is 1. The summed E-state index contributed by atoms with van der Waals surface area (Å²) in [6.07, 6.45) is 3.57. The lowest BCUT2D eigenvalue weighted by atomic mass is 10.1. The normalized spacial score (nSPS) is 10.1. The lowest BCUT2D eigenvalue weighted by Gasteiger charge is -2.04. The van der Waals surface area contributed by atoms with Gasteiger partial charge in [0.1, 0.15) is 5.84 Å².